The Hall–Kier alpha value is -4.64. The predicted molar refractivity (Wildman–Crippen MR) is 172 cm³/mol. The summed E-state index contributed by atoms with van der Waals surface area (Å²) in [6.45, 7) is 9.04. The van der Waals surface area contributed by atoms with Crippen LogP contribution in [0.3, 0.4) is 0 Å². The fourth-order valence-corrected chi connectivity index (χ4v) is 6.35. The molecule has 0 saturated heterocycles. The Balaban J connectivity index is 1.61. The third kappa shape index (κ3) is 4.59. The van der Waals surface area contributed by atoms with Crippen LogP contribution in [-0.4, -0.2) is 27.0 Å². The summed E-state index contributed by atoms with van der Waals surface area (Å²) < 4.78 is 6.15. The molecule has 0 amide bonds. The molecule has 0 saturated carbocycles. The molecular formula is C37H36N4O. The SMILES string of the molecule is COc1c2nc(cc3cc(-c4ccccc4)c(cc4nc(cc5cc(-c6ccccc6)c1[nH]5)C(C)(C)C4)[nH]3)C(C)(C)C2. The van der Waals surface area contributed by atoms with Gasteiger partial charge in [-0.1, -0.05) is 88.4 Å². The molecule has 0 spiro atoms. The minimum absolute atomic E-state index is 0.108. The van der Waals surface area contributed by atoms with Gasteiger partial charge in [0.2, 0.25) is 0 Å². The van der Waals surface area contributed by atoms with Crippen LogP contribution >= 0.6 is 0 Å². The van der Waals surface area contributed by atoms with Crippen molar-refractivity contribution in [2.75, 3.05) is 7.11 Å². The van der Waals surface area contributed by atoms with Crippen LogP contribution in [-0.2, 0) is 23.7 Å². The van der Waals surface area contributed by atoms with E-state index in [9.17, 15) is 0 Å². The monoisotopic (exact) mass is 552 g/mol. The van der Waals surface area contributed by atoms with Crippen LogP contribution in [0.1, 0.15) is 50.5 Å². The van der Waals surface area contributed by atoms with Crippen molar-refractivity contribution in [3.05, 3.63) is 114 Å². The minimum Gasteiger partial charge on any atom is -0.493 e. The summed E-state index contributed by atoms with van der Waals surface area (Å²) >= 11 is 0. The van der Waals surface area contributed by atoms with E-state index in [0.717, 1.165) is 80.1 Å². The van der Waals surface area contributed by atoms with Gasteiger partial charge in [0.05, 0.1) is 18.3 Å². The summed E-state index contributed by atoms with van der Waals surface area (Å²) in [7, 11) is 1.74. The molecule has 0 atom stereocenters. The zero-order valence-corrected chi connectivity index (χ0v) is 24.9. The third-order valence-corrected chi connectivity index (χ3v) is 8.60. The Bertz CT molecular complexity index is 1960. The van der Waals surface area contributed by atoms with Crippen molar-refractivity contribution in [2.24, 2.45) is 0 Å². The van der Waals surface area contributed by atoms with Crippen molar-refractivity contribution in [2.45, 2.75) is 51.4 Å². The van der Waals surface area contributed by atoms with Gasteiger partial charge in [0.1, 0.15) is 0 Å². The number of aromatic nitrogens is 4. The highest BCUT2D eigenvalue weighted by Gasteiger charge is 2.32. The van der Waals surface area contributed by atoms with Gasteiger partial charge in [-0.05, 0) is 41.5 Å². The molecular weight excluding hydrogens is 516 g/mol. The average molecular weight is 553 g/mol. The number of methoxy groups -OCH3 is 1. The topological polar surface area (TPSA) is 66.6 Å². The van der Waals surface area contributed by atoms with Crippen LogP contribution < -0.4 is 4.74 Å². The second-order valence-electron chi connectivity index (χ2n) is 12.8. The molecule has 5 heterocycles. The number of nitrogens with one attached hydrogen (secondary N) is 2. The van der Waals surface area contributed by atoms with E-state index in [4.69, 9.17) is 14.7 Å². The quantitative estimate of drug-likeness (QED) is 0.235. The van der Waals surface area contributed by atoms with Gasteiger partial charge < -0.3 is 14.7 Å². The van der Waals surface area contributed by atoms with E-state index >= 15 is 0 Å². The summed E-state index contributed by atoms with van der Waals surface area (Å²) in [4.78, 5) is 17.8. The highest BCUT2D eigenvalue weighted by atomic mass is 16.5. The number of ether oxygens (including phenoxy) is 1. The molecule has 2 aromatic carbocycles. The smallest absolute Gasteiger partial charge is 0.164 e. The minimum atomic E-state index is -0.160. The Morgan fingerprint density at radius 2 is 1.21 bits per heavy atom. The van der Waals surface area contributed by atoms with E-state index in [1.807, 2.05) is 6.07 Å². The molecule has 5 aromatic rings. The van der Waals surface area contributed by atoms with Gasteiger partial charge in [0.15, 0.2) is 5.75 Å². The van der Waals surface area contributed by atoms with Crippen LogP contribution in [0.25, 0.3) is 44.3 Å². The lowest BCUT2D eigenvalue weighted by atomic mass is 9.86. The molecule has 2 N–H and O–H groups in total. The maximum atomic E-state index is 6.15. The lowest BCUT2D eigenvalue weighted by Gasteiger charge is -2.16. The first-order valence-corrected chi connectivity index (χ1v) is 14.6. The van der Waals surface area contributed by atoms with E-state index in [0.29, 0.717) is 0 Å². The van der Waals surface area contributed by atoms with Crippen LogP contribution in [0.4, 0.5) is 0 Å². The van der Waals surface area contributed by atoms with Crippen molar-refractivity contribution < 1.29 is 4.74 Å². The second kappa shape index (κ2) is 9.73. The summed E-state index contributed by atoms with van der Waals surface area (Å²) in [5, 5.41) is 0. The molecule has 8 bridgehead atoms. The first-order chi connectivity index (χ1) is 20.2. The molecule has 0 aliphatic carbocycles. The van der Waals surface area contributed by atoms with Gasteiger partial charge >= 0.3 is 0 Å². The van der Waals surface area contributed by atoms with Crippen LogP contribution in [0.5, 0.6) is 5.75 Å². The highest BCUT2D eigenvalue weighted by Crippen LogP contribution is 2.40. The number of benzene rings is 2. The molecule has 5 nitrogen and oxygen atoms in total. The Morgan fingerprint density at radius 1 is 0.643 bits per heavy atom. The van der Waals surface area contributed by atoms with Gasteiger partial charge in [-0.25, -0.2) is 0 Å². The number of aromatic amines is 2. The fourth-order valence-electron chi connectivity index (χ4n) is 6.35. The Labute approximate surface area is 246 Å². The van der Waals surface area contributed by atoms with Gasteiger partial charge in [0, 0.05) is 68.4 Å². The van der Waals surface area contributed by atoms with Gasteiger partial charge in [-0.3, -0.25) is 9.97 Å². The summed E-state index contributed by atoms with van der Waals surface area (Å²) in [6.07, 6.45) is 1.63. The van der Waals surface area contributed by atoms with E-state index in [1.165, 1.54) is 5.56 Å². The first-order valence-electron chi connectivity index (χ1n) is 14.6. The molecule has 3 aromatic heterocycles. The Morgan fingerprint density at radius 3 is 1.88 bits per heavy atom. The maximum absolute atomic E-state index is 6.15. The predicted octanol–water partition coefficient (Wildman–Crippen LogP) is 8.70. The highest BCUT2D eigenvalue weighted by molar-refractivity contribution is 5.90. The number of hydrogen-bond acceptors (Lipinski definition) is 3. The summed E-state index contributed by atoms with van der Waals surface area (Å²) in [6, 6.07) is 32.1. The average Bonchev–Trinajstić information content (AvgIpc) is 3.70. The van der Waals surface area contributed by atoms with Crippen LogP contribution in [0.15, 0.2) is 91.0 Å². The lowest BCUT2D eigenvalue weighted by Crippen LogP contribution is -2.15. The van der Waals surface area contributed by atoms with Crippen molar-refractivity contribution in [1.29, 1.82) is 0 Å². The lowest BCUT2D eigenvalue weighted by molar-refractivity contribution is 0.409. The number of hydrogen-bond donors (Lipinski definition) is 2. The summed E-state index contributed by atoms with van der Waals surface area (Å²) in [5.41, 5.74) is 12.4. The first kappa shape index (κ1) is 26.3. The normalized spacial score (nSPS) is 15.5. The van der Waals surface area contributed by atoms with E-state index < -0.39 is 0 Å². The van der Waals surface area contributed by atoms with Gasteiger partial charge in [-0.15, -0.1) is 0 Å². The Kier molecular flexibility index (Phi) is 6.09. The summed E-state index contributed by atoms with van der Waals surface area (Å²) in [5.74, 6) is 0.780. The zero-order valence-electron chi connectivity index (χ0n) is 24.9. The molecule has 0 fully saturated rings. The zero-order chi connectivity index (χ0) is 29.1. The van der Waals surface area contributed by atoms with E-state index in [2.05, 4.69) is 123 Å². The largest absolute Gasteiger partial charge is 0.493 e. The molecule has 210 valence electrons. The van der Waals surface area contributed by atoms with Crippen molar-refractivity contribution in [3.63, 3.8) is 0 Å². The van der Waals surface area contributed by atoms with Crippen LogP contribution in [0.2, 0.25) is 0 Å². The number of H-pyrrole nitrogens is 2. The fraction of sp³-hybridized carbons (Fsp3) is 0.243. The van der Waals surface area contributed by atoms with Crippen molar-refractivity contribution >= 4 is 22.1 Å². The molecule has 5 heteroatoms. The maximum Gasteiger partial charge on any atom is 0.164 e. The third-order valence-electron chi connectivity index (χ3n) is 8.60. The molecule has 2 aliphatic heterocycles. The van der Waals surface area contributed by atoms with E-state index in [-0.39, 0.29) is 10.8 Å². The molecule has 0 radical (unpaired) electrons. The standard InChI is InChI=1S/C37H36N4O/c1-36(2)21-27-18-30-28(23-12-8-6-9-13-23)16-25(38-30)19-33-37(3,4)22-31(41-33)35(42-5)34-29(24-14-10-7-11-15-24)17-26(40-34)20-32(36)39-27/h6-20,38,40H,21-22H2,1-5H3. The molecule has 42 heavy (non-hydrogen) atoms. The second-order valence-corrected chi connectivity index (χ2v) is 12.8. The van der Waals surface area contributed by atoms with Crippen molar-refractivity contribution in [1.82, 2.24) is 19.9 Å². The number of nitrogens with zero attached hydrogens (tertiary/aromatic N) is 2. The number of fused-ring (bicyclic) bond motifs is 8. The van der Waals surface area contributed by atoms with Crippen molar-refractivity contribution in [3.8, 4) is 28.0 Å². The van der Waals surface area contributed by atoms with Gasteiger partial charge in [-0.2, -0.15) is 0 Å². The number of rotatable bonds is 3. The molecule has 0 unspecified atom stereocenters. The van der Waals surface area contributed by atoms with Crippen LogP contribution in [0, 0.1) is 0 Å². The molecule has 2 aliphatic rings. The van der Waals surface area contributed by atoms with E-state index in [1.54, 1.807) is 7.11 Å². The van der Waals surface area contributed by atoms with Gasteiger partial charge in [0.25, 0.3) is 0 Å². The molecule has 7 rings (SSSR count).